The number of hydrogen-bond donors (Lipinski definition) is 2. The zero-order valence-corrected chi connectivity index (χ0v) is 17.4. The number of carbonyl (C=O) groups is 2. The smallest absolute Gasteiger partial charge is 0.337 e. The summed E-state index contributed by atoms with van der Waals surface area (Å²) in [7, 11) is 2.78. The van der Waals surface area contributed by atoms with Crippen molar-refractivity contribution in [3.63, 3.8) is 0 Å². The van der Waals surface area contributed by atoms with Crippen LogP contribution in [0, 0.1) is 0 Å². The Labute approximate surface area is 177 Å². The number of methoxy groups -OCH3 is 2. The normalized spacial score (nSPS) is 25.8. The molecule has 2 aromatic rings. The molecule has 4 rings (SSSR count). The third kappa shape index (κ3) is 4.11. The molecule has 0 spiro atoms. The molecule has 2 aliphatic rings. The molecule has 2 fully saturated rings. The molecule has 0 radical (unpaired) electrons. The molecule has 6 heteroatoms. The van der Waals surface area contributed by atoms with E-state index in [0.29, 0.717) is 23.2 Å². The first-order chi connectivity index (χ1) is 14.6. The molecule has 158 valence electrons. The van der Waals surface area contributed by atoms with Crippen LogP contribution in [0.15, 0.2) is 48.5 Å². The van der Waals surface area contributed by atoms with Crippen molar-refractivity contribution in [1.82, 2.24) is 10.6 Å². The maximum atomic E-state index is 11.8. The van der Waals surface area contributed by atoms with E-state index in [0.717, 1.165) is 24.0 Å². The maximum absolute atomic E-state index is 11.8. The first-order valence-electron chi connectivity index (χ1n) is 10.5. The van der Waals surface area contributed by atoms with Gasteiger partial charge in [-0.3, -0.25) is 0 Å². The number of nitrogens with one attached hydrogen (secondary N) is 2. The largest absolute Gasteiger partial charge is 0.465 e. The van der Waals surface area contributed by atoms with Crippen LogP contribution >= 0.6 is 0 Å². The summed E-state index contributed by atoms with van der Waals surface area (Å²) in [5, 5.41) is 7.72. The number of fused-ring (bicyclic) bond motifs is 1. The van der Waals surface area contributed by atoms with E-state index in [1.54, 1.807) is 0 Å². The van der Waals surface area contributed by atoms with Crippen LogP contribution in [0.5, 0.6) is 0 Å². The average Bonchev–Trinajstić information content (AvgIpc) is 2.82. The summed E-state index contributed by atoms with van der Waals surface area (Å²) in [6, 6.07) is 16.2. The highest BCUT2D eigenvalue weighted by molar-refractivity contribution is 5.89. The average molecular weight is 408 g/mol. The van der Waals surface area contributed by atoms with Crippen molar-refractivity contribution in [2.75, 3.05) is 14.2 Å². The van der Waals surface area contributed by atoms with Gasteiger partial charge >= 0.3 is 11.9 Å². The molecule has 1 saturated heterocycles. The molecule has 1 heterocycles. The van der Waals surface area contributed by atoms with Gasteiger partial charge in [-0.2, -0.15) is 0 Å². The summed E-state index contributed by atoms with van der Waals surface area (Å²) in [6.07, 6.45) is 4.79. The topological polar surface area (TPSA) is 76.7 Å². The third-order valence-electron chi connectivity index (χ3n) is 6.27. The molecule has 1 aliphatic heterocycles. The maximum Gasteiger partial charge on any atom is 0.337 e. The molecule has 1 saturated carbocycles. The van der Waals surface area contributed by atoms with Crippen LogP contribution in [-0.2, 0) is 9.47 Å². The molecule has 4 atom stereocenters. The Morgan fingerprint density at radius 2 is 1.07 bits per heavy atom. The molecule has 0 aromatic heterocycles. The van der Waals surface area contributed by atoms with Crippen molar-refractivity contribution in [3.8, 4) is 0 Å². The van der Waals surface area contributed by atoms with Crippen molar-refractivity contribution < 1.29 is 19.1 Å². The van der Waals surface area contributed by atoms with Crippen molar-refractivity contribution >= 4 is 11.9 Å². The molecule has 6 nitrogen and oxygen atoms in total. The second-order valence-corrected chi connectivity index (χ2v) is 8.01. The highest BCUT2D eigenvalue weighted by atomic mass is 16.5. The lowest BCUT2D eigenvalue weighted by Gasteiger charge is -2.46. The number of hydrogen-bond acceptors (Lipinski definition) is 6. The zero-order valence-electron chi connectivity index (χ0n) is 17.4. The van der Waals surface area contributed by atoms with Crippen molar-refractivity contribution in [2.45, 2.75) is 49.9 Å². The standard InChI is InChI=1S/C24H28N2O4/c1-29-23(27)17-11-7-15(8-12-17)21-22(26-20-6-4-3-5-19(20)25-21)16-9-13-18(14-10-16)24(28)30-2/h7-14,19-22,25-26H,3-6H2,1-2H3/t19-,20-,21+,22+/m1/s1. The summed E-state index contributed by atoms with van der Waals surface area (Å²) in [4.78, 5) is 23.6. The Hall–Kier alpha value is -2.70. The molecular formula is C24H28N2O4. The lowest BCUT2D eigenvalue weighted by atomic mass is 9.82. The quantitative estimate of drug-likeness (QED) is 0.754. The first kappa shape index (κ1) is 20.6. The van der Waals surface area contributed by atoms with Gasteiger partial charge in [-0.1, -0.05) is 37.1 Å². The van der Waals surface area contributed by atoms with Gasteiger partial charge in [0.05, 0.1) is 37.4 Å². The second kappa shape index (κ2) is 8.98. The van der Waals surface area contributed by atoms with E-state index in [2.05, 4.69) is 10.6 Å². The molecule has 2 N–H and O–H groups in total. The van der Waals surface area contributed by atoms with Crippen molar-refractivity contribution in [2.24, 2.45) is 0 Å². The minimum absolute atomic E-state index is 0.0556. The van der Waals surface area contributed by atoms with E-state index in [-0.39, 0.29) is 24.0 Å². The number of esters is 2. The van der Waals surface area contributed by atoms with E-state index >= 15 is 0 Å². The first-order valence-corrected chi connectivity index (χ1v) is 10.5. The number of benzene rings is 2. The molecule has 0 unspecified atom stereocenters. The predicted molar refractivity (Wildman–Crippen MR) is 113 cm³/mol. The highest BCUT2D eigenvalue weighted by Gasteiger charge is 2.38. The van der Waals surface area contributed by atoms with Gasteiger partial charge in [-0.25, -0.2) is 9.59 Å². The Balaban J connectivity index is 1.64. The van der Waals surface area contributed by atoms with E-state index < -0.39 is 0 Å². The van der Waals surface area contributed by atoms with E-state index in [9.17, 15) is 9.59 Å². The third-order valence-corrected chi connectivity index (χ3v) is 6.27. The van der Waals surface area contributed by atoms with Gasteiger partial charge < -0.3 is 20.1 Å². The highest BCUT2D eigenvalue weighted by Crippen LogP contribution is 2.37. The summed E-state index contributed by atoms with van der Waals surface area (Å²) in [6.45, 7) is 0. The van der Waals surface area contributed by atoms with Crippen LogP contribution in [0.25, 0.3) is 0 Å². The zero-order chi connectivity index (χ0) is 21.1. The van der Waals surface area contributed by atoms with E-state index in [1.807, 2.05) is 48.5 Å². The van der Waals surface area contributed by atoms with Gasteiger partial charge in [0.1, 0.15) is 0 Å². The van der Waals surface area contributed by atoms with Gasteiger partial charge in [0, 0.05) is 12.1 Å². The Morgan fingerprint density at radius 3 is 1.40 bits per heavy atom. The second-order valence-electron chi connectivity index (χ2n) is 8.01. The molecule has 0 amide bonds. The Morgan fingerprint density at radius 1 is 0.700 bits per heavy atom. The van der Waals surface area contributed by atoms with Crippen molar-refractivity contribution in [1.29, 1.82) is 0 Å². The Kier molecular flexibility index (Phi) is 6.16. The fourth-order valence-corrected chi connectivity index (χ4v) is 4.65. The van der Waals surface area contributed by atoms with Crippen LogP contribution in [0.4, 0.5) is 0 Å². The Bertz CT molecular complexity index is 819. The summed E-state index contributed by atoms with van der Waals surface area (Å²) >= 11 is 0. The van der Waals surface area contributed by atoms with Gasteiger partial charge in [0.15, 0.2) is 0 Å². The number of ether oxygens (including phenoxy) is 2. The molecular weight excluding hydrogens is 380 g/mol. The van der Waals surface area contributed by atoms with Gasteiger partial charge in [0.25, 0.3) is 0 Å². The molecule has 1 aliphatic carbocycles. The summed E-state index contributed by atoms with van der Waals surface area (Å²) in [5.74, 6) is -0.669. The molecule has 30 heavy (non-hydrogen) atoms. The minimum Gasteiger partial charge on any atom is -0.465 e. The van der Waals surface area contributed by atoms with Crippen LogP contribution in [-0.4, -0.2) is 38.2 Å². The van der Waals surface area contributed by atoms with E-state index in [4.69, 9.17) is 9.47 Å². The lowest BCUT2D eigenvalue weighted by Crippen LogP contribution is -2.59. The SMILES string of the molecule is COC(=O)c1ccc([C@@H]2N[C@@H]3CCCC[C@H]3N[C@H]2c2ccc(C(=O)OC)cc2)cc1. The number of rotatable bonds is 4. The molecule has 2 aromatic carbocycles. The summed E-state index contributed by atoms with van der Waals surface area (Å²) < 4.78 is 9.64. The monoisotopic (exact) mass is 408 g/mol. The van der Waals surface area contributed by atoms with Gasteiger partial charge in [0.2, 0.25) is 0 Å². The van der Waals surface area contributed by atoms with Crippen LogP contribution in [0.3, 0.4) is 0 Å². The fraction of sp³-hybridized carbons (Fsp3) is 0.417. The predicted octanol–water partition coefficient (Wildman–Crippen LogP) is 3.55. The van der Waals surface area contributed by atoms with Gasteiger partial charge in [-0.05, 0) is 48.2 Å². The van der Waals surface area contributed by atoms with Crippen LogP contribution < -0.4 is 10.6 Å². The van der Waals surface area contributed by atoms with Crippen molar-refractivity contribution in [3.05, 3.63) is 70.8 Å². The molecule has 0 bridgehead atoms. The number of piperazine rings is 1. The minimum atomic E-state index is -0.335. The van der Waals surface area contributed by atoms with Crippen LogP contribution in [0.1, 0.15) is 69.6 Å². The number of carbonyl (C=O) groups excluding carboxylic acids is 2. The fourth-order valence-electron chi connectivity index (χ4n) is 4.65. The summed E-state index contributed by atoms with van der Waals surface area (Å²) in [5.41, 5.74) is 3.31. The van der Waals surface area contributed by atoms with Crippen LogP contribution in [0.2, 0.25) is 0 Å². The lowest BCUT2D eigenvalue weighted by molar-refractivity contribution is 0.0591. The van der Waals surface area contributed by atoms with Gasteiger partial charge in [-0.15, -0.1) is 0 Å². The van der Waals surface area contributed by atoms with E-state index in [1.165, 1.54) is 27.1 Å².